The van der Waals surface area contributed by atoms with Crippen molar-refractivity contribution in [1.82, 2.24) is 4.98 Å². The van der Waals surface area contributed by atoms with Crippen molar-refractivity contribution in [3.63, 3.8) is 0 Å². The molecule has 1 rings (SSSR count). The largest absolute Gasteiger partial charge is 0.249 e. The monoisotopic (exact) mass is 231 g/mol. The van der Waals surface area contributed by atoms with Crippen LogP contribution in [0.3, 0.4) is 0 Å². The molecule has 0 aliphatic heterocycles. The zero-order valence-corrected chi connectivity index (χ0v) is 8.94. The van der Waals surface area contributed by atoms with Gasteiger partial charge < -0.3 is 0 Å². The van der Waals surface area contributed by atoms with Crippen LogP contribution in [0.25, 0.3) is 0 Å². The van der Waals surface area contributed by atoms with Gasteiger partial charge >= 0.3 is 0 Å². The first kappa shape index (κ1) is 9.65. The summed E-state index contributed by atoms with van der Waals surface area (Å²) >= 11 is 3.18. The van der Waals surface area contributed by atoms with Crippen LogP contribution in [0, 0.1) is 12.7 Å². The van der Waals surface area contributed by atoms with Gasteiger partial charge in [-0.1, -0.05) is 13.8 Å². The maximum atomic E-state index is 13.4. The smallest absolute Gasteiger partial charge is 0.133 e. The highest BCUT2D eigenvalue weighted by molar-refractivity contribution is 9.10. The van der Waals surface area contributed by atoms with Gasteiger partial charge in [0, 0.05) is 17.3 Å². The summed E-state index contributed by atoms with van der Waals surface area (Å²) in [6.45, 7) is 5.62. The van der Waals surface area contributed by atoms with E-state index in [4.69, 9.17) is 0 Å². The summed E-state index contributed by atoms with van der Waals surface area (Å²) in [5, 5.41) is 0. The number of rotatable bonds is 1. The Morgan fingerprint density at radius 2 is 2.08 bits per heavy atom. The van der Waals surface area contributed by atoms with Gasteiger partial charge in [0.1, 0.15) is 10.4 Å². The van der Waals surface area contributed by atoms with Gasteiger partial charge in [-0.15, -0.1) is 0 Å². The SMILES string of the molecule is Cc1c(Br)ncc(C(C)C)c1F. The van der Waals surface area contributed by atoms with Crippen LogP contribution >= 0.6 is 15.9 Å². The van der Waals surface area contributed by atoms with Crippen LogP contribution in [0.4, 0.5) is 4.39 Å². The van der Waals surface area contributed by atoms with Gasteiger partial charge in [-0.25, -0.2) is 9.37 Å². The highest BCUT2D eigenvalue weighted by Gasteiger charge is 2.11. The molecule has 0 unspecified atom stereocenters. The second-order valence-electron chi connectivity index (χ2n) is 3.10. The summed E-state index contributed by atoms with van der Waals surface area (Å²) < 4.78 is 14.0. The Morgan fingerprint density at radius 3 is 2.58 bits per heavy atom. The molecule has 0 saturated heterocycles. The molecular weight excluding hydrogens is 221 g/mol. The fraction of sp³-hybridized carbons (Fsp3) is 0.444. The number of halogens is 2. The van der Waals surface area contributed by atoms with E-state index in [9.17, 15) is 4.39 Å². The number of hydrogen-bond acceptors (Lipinski definition) is 1. The van der Waals surface area contributed by atoms with Crippen LogP contribution in [-0.4, -0.2) is 4.98 Å². The third-order valence-corrected chi connectivity index (χ3v) is 2.63. The lowest BCUT2D eigenvalue weighted by molar-refractivity contribution is 0.584. The van der Waals surface area contributed by atoms with Crippen molar-refractivity contribution >= 4 is 15.9 Å². The van der Waals surface area contributed by atoms with E-state index in [0.717, 1.165) is 0 Å². The molecule has 0 saturated carbocycles. The van der Waals surface area contributed by atoms with Gasteiger partial charge in [0.05, 0.1) is 0 Å². The van der Waals surface area contributed by atoms with Crippen molar-refractivity contribution in [3.05, 3.63) is 27.7 Å². The number of nitrogens with zero attached hydrogens (tertiary/aromatic N) is 1. The molecule has 0 N–H and O–H groups in total. The molecule has 0 aliphatic carbocycles. The number of pyridine rings is 1. The molecular formula is C9H11BrFN. The summed E-state index contributed by atoms with van der Waals surface area (Å²) in [6.07, 6.45) is 1.58. The number of aromatic nitrogens is 1. The van der Waals surface area contributed by atoms with E-state index in [-0.39, 0.29) is 11.7 Å². The standard InChI is InChI=1S/C9H11BrFN/c1-5(2)7-4-12-9(10)6(3)8(7)11/h4-5H,1-3H3. The van der Waals surface area contributed by atoms with E-state index in [0.29, 0.717) is 15.7 Å². The molecule has 1 heterocycles. The first-order chi connectivity index (χ1) is 5.54. The highest BCUT2D eigenvalue weighted by Crippen LogP contribution is 2.23. The Hall–Kier alpha value is -0.440. The maximum absolute atomic E-state index is 13.4. The minimum Gasteiger partial charge on any atom is -0.249 e. The van der Waals surface area contributed by atoms with Gasteiger partial charge in [-0.3, -0.25) is 0 Å². The Balaban J connectivity index is 3.27. The number of hydrogen-bond donors (Lipinski definition) is 0. The zero-order valence-electron chi connectivity index (χ0n) is 7.36. The molecule has 0 aliphatic rings. The minimum absolute atomic E-state index is 0.146. The molecule has 1 aromatic heterocycles. The second-order valence-corrected chi connectivity index (χ2v) is 3.85. The van der Waals surface area contributed by atoms with Gasteiger partial charge in [-0.2, -0.15) is 0 Å². The molecule has 0 bridgehead atoms. The third-order valence-electron chi connectivity index (χ3n) is 1.83. The van der Waals surface area contributed by atoms with Crippen molar-refractivity contribution in [3.8, 4) is 0 Å². The molecule has 0 atom stereocenters. The molecule has 0 radical (unpaired) electrons. The highest BCUT2D eigenvalue weighted by atomic mass is 79.9. The molecule has 1 nitrogen and oxygen atoms in total. The summed E-state index contributed by atoms with van der Waals surface area (Å²) in [5.74, 6) is 0.0381. The maximum Gasteiger partial charge on any atom is 0.133 e. The van der Waals surface area contributed by atoms with Crippen molar-refractivity contribution in [1.29, 1.82) is 0 Å². The van der Waals surface area contributed by atoms with E-state index in [1.165, 1.54) is 0 Å². The lowest BCUT2D eigenvalue weighted by Gasteiger charge is -2.08. The fourth-order valence-corrected chi connectivity index (χ4v) is 1.27. The topological polar surface area (TPSA) is 12.9 Å². The van der Waals surface area contributed by atoms with E-state index in [2.05, 4.69) is 20.9 Å². The van der Waals surface area contributed by atoms with Crippen LogP contribution in [0.1, 0.15) is 30.9 Å². The fourth-order valence-electron chi connectivity index (χ4n) is 0.989. The first-order valence-electron chi connectivity index (χ1n) is 3.84. The van der Waals surface area contributed by atoms with Gasteiger partial charge in [0.25, 0.3) is 0 Å². The summed E-state index contributed by atoms with van der Waals surface area (Å²) in [4.78, 5) is 4.04. The molecule has 1 aromatic rings. The predicted molar refractivity (Wildman–Crippen MR) is 50.7 cm³/mol. The molecule has 0 amide bonds. The summed E-state index contributed by atoms with van der Waals surface area (Å²) in [6, 6.07) is 0. The lowest BCUT2D eigenvalue weighted by atomic mass is 10.0. The molecule has 0 fully saturated rings. The van der Waals surface area contributed by atoms with Crippen LogP contribution in [0.2, 0.25) is 0 Å². The van der Waals surface area contributed by atoms with Gasteiger partial charge in [0.15, 0.2) is 0 Å². The van der Waals surface area contributed by atoms with Crippen molar-refractivity contribution in [2.24, 2.45) is 0 Å². The zero-order chi connectivity index (χ0) is 9.30. The van der Waals surface area contributed by atoms with Gasteiger partial charge in [-0.05, 0) is 28.8 Å². The lowest BCUT2D eigenvalue weighted by Crippen LogP contribution is -1.98. The molecule has 0 aromatic carbocycles. The Labute approximate surface area is 80.1 Å². The van der Waals surface area contributed by atoms with E-state index in [1.54, 1.807) is 13.1 Å². The Kier molecular flexibility index (Phi) is 2.83. The van der Waals surface area contributed by atoms with Crippen molar-refractivity contribution < 1.29 is 4.39 Å². The molecule has 66 valence electrons. The Morgan fingerprint density at radius 1 is 1.50 bits per heavy atom. The average Bonchev–Trinajstić information content (AvgIpc) is 2.00. The molecule has 0 spiro atoms. The summed E-state index contributed by atoms with van der Waals surface area (Å²) in [5.41, 5.74) is 1.26. The first-order valence-corrected chi connectivity index (χ1v) is 4.63. The molecule has 12 heavy (non-hydrogen) atoms. The normalized spacial score (nSPS) is 10.8. The Bertz CT molecular complexity index is 297. The second kappa shape index (κ2) is 3.52. The van der Waals surface area contributed by atoms with Crippen LogP contribution in [0.5, 0.6) is 0 Å². The van der Waals surface area contributed by atoms with Crippen LogP contribution in [0.15, 0.2) is 10.8 Å². The van der Waals surface area contributed by atoms with E-state index < -0.39 is 0 Å². The van der Waals surface area contributed by atoms with E-state index in [1.807, 2.05) is 13.8 Å². The minimum atomic E-state index is -0.146. The van der Waals surface area contributed by atoms with Gasteiger partial charge in [0.2, 0.25) is 0 Å². The quantitative estimate of drug-likeness (QED) is 0.676. The van der Waals surface area contributed by atoms with Crippen LogP contribution in [-0.2, 0) is 0 Å². The summed E-state index contributed by atoms with van der Waals surface area (Å²) in [7, 11) is 0. The van der Waals surface area contributed by atoms with Crippen molar-refractivity contribution in [2.75, 3.05) is 0 Å². The van der Waals surface area contributed by atoms with Crippen LogP contribution < -0.4 is 0 Å². The predicted octanol–water partition coefficient (Wildman–Crippen LogP) is 3.42. The molecule has 3 heteroatoms. The van der Waals surface area contributed by atoms with Crippen molar-refractivity contribution in [2.45, 2.75) is 26.7 Å². The van der Waals surface area contributed by atoms with E-state index >= 15 is 0 Å². The third kappa shape index (κ3) is 1.66. The average molecular weight is 232 g/mol.